The highest BCUT2D eigenvalue weighted by atomic mass is 35.5. The van der Waals surface area contributed by atoms with Gasteiger partial charge in [-0.3, -0.25) is 9.78 Å². The predicted molar refractivity (Wildman–Crippen MR) is 140 cm³/mol. The Morgan fingerprint density at radius 2 is 2.03 bits per heavy atom. The number of pyridine rings is 1. The van der Waals surface area contributed by atoms with Crippen LogP contribution in [0, 0.1) is 0 Å². The molecule has 1 fully saturated rings. The minimum Gasteiger partial charge on any atom is -0.464 e. The summed E-state index contributed by atoms with van der Waals surface area (Å²) in [5, 5.41) is 2.74. The summed E-state index contributed by atoms with van der Waals surface area (Å²) in [5.41, 5.74) is 3.29. The molecule has 1 saturated heterocycles. The lowest BCUT2D eigenvalue weighted by atomic mass is 9.99. The molecule has 8 heteroatoms. The van der Waals surface area contributed by atoms with E-state index < -0.39 is 0 Å². The summed E-state index contributed by atoms with van der Waals surface area (Å²) in [6.07, 6.45) is 3.20. The van der Waals surface area contributed by atoms with Crippen LogP contribution < -0.4 is 9.64 Å². The zero-order valence-corrected chi connectivity index (χ0v) is 20.5. The fourth-order valence-corrected chi connectivity index (χ4v) is 4.96. The Labute approximate surface area is 209 Å². The van der Waals surface area contributed by atoms with Crippen LogP contribution in [0.5, 0.6) is 6.01 Å². The van der Waals surface area contributed by atoms with Crippen LogP contribution in [0.4, 0.5) is 5.82 Å². The number of aromatic nitrogens is 3. The standard InChI is InChI=1S/C27H26ClN5O2/c1-4-23(34)33-13-12-32(16-17(33)3)26-25-22(30-27(31-26)35-5-2)14-19(15-29-25)20-10-6-8-18-9-7-11-21(28)24(18)20/h4,6-11,14-15,17H,1,5,12-13,16H2,2-3H3/t17-/m1/s1. The van der Waals surface area contributed by atoms with E-state index in [1.807, 2.05) is 67.4 Å². The maximum absolute atomic E-state index is 12.2. The molecule has 2 aromatic heterocycles. The Kier molecular flexibility index (Phi) is 6.26. The van der Waals surface area contributed by atoms with Crippen molar-refractivity contribution in [3.8, 4) is 17.1 Å². The first kappa shape index (κ1) is 23.1. The van der Waals surface area contributed by atoms with Crippen molar-refractivity contribution in [2.45, 2.75) is 19.9 Å². The van der Waals surface area contributed by atoms with Gasteiger partial charge in [0.05, 0.1) is 12.1 Å². The molecule has 3 heterocycles. The average molecular weight is 488 g/mol. The van der Waals surface area contributed by atoms with Gasteiger partial charge in [0.15, 0.2) is 5.82 Å². The molecular weight excluding hydrogens is 462 g/mol. The van der Waals surface area contributed by atoms with E-state index in [4.69, 9.17) is 26.3 Å². The van der Waals surface area contributed by atoms with Crippen LogP contribution in [-0.4, -0.2) is 58.0 Å². The van der Waals surface area contributed by atoms with E-state index >= 15 is 0 Å². The van der Waals surface area contributed by atoms with Gasteiger partial charge >= 0.3 is 6.01 Å². The van der Waals surface area contributed by atoms with Crippen molar-refractivity contribution < 1.29 is 9.53 Å². The van der Waals surface area contributed by atoms with Gasteiger partial charge in [0.25, 0.3) is 0 Å². The van der Waals surface area contributed by atoms with Gasteiger partial charge in [0.1, 0.15) is 5.52 Å². The van der Waals surface area contributed by atoms with Crippen molar-refractivity contribution in [3.05, 3.63) is 66.3 Å². The fraction of sp³-hybridized carbons (Fsp3) is 0.259. The number of nitrogens with zero attached hydrogens (tertiary/aromatic N) is 5. The van der Waals surface area contributed by atoms with E-state index in [0.717, 1.165) is 21.9 Å². The number of fused-ring (bicyclic) bond motifs is 2. The van der Waals surface area contributed by atoms with Crippen LogP contribution >= 0.6 is 11.6 Å². The molecular formula is C27H26ClN5O2. The maximum Gasteiger partial charge on any atom is 0.319 e. The smallest absolute Gasteiger partial charge is 0.319 e. The first-order valence-corrected chi connectivity index (χ1v) is 12.0. The molecule has 5 rings (SSSR count). The lowest BCUT2D eigenvalue weighted by Gasteiger charge is -2.40. The predicted octanol–water partition coefficient (Wildman–Crippen LogP) is 5.12. The van der Waals surface area contributed by atoms with Crippen LogP contribution in [0.1, 0.15) is 13.8 Å². The number of carbonyl (C=O) groups is 1. The number of amides is 1. The Balaban J connectivity index is 1.60. The molecule has 0 saturated carbocycles. The number of rotatable bonds is 5. The van der Waals surface area contributed by atoms with E-state index in [0.29, 0.717) is 54.1 Å². The van der Waals surface area contributed by atoms with Crippen molar-refractivity contribution >= 4 is 45.1 Å². The number of carbonyl (C=O) groups excluding carboxylic acids is 1. The topological polar surface area (TPSA) is 71.5 Å². The van der Waals surface area contributed by atoms with Gasteiger partial charge in [-0.25, -0.2) is 0 Å². The van der Waals surface area contributed by atoms with Crippen molar-refractivity contribution in [3.63, 3.8) is 0 Å². The number of piperazine rings is 1. The molecule has 178 valence electrons. The molecule has 1 atom stereocenters. The third-order valence-electron chi connectivity index (χ3n) is 6.32. The number of ether oxygens (including phenoxy) is 1. The third kappa shape index (κ3) is 4.28. The highest BCUT2D eigenvalue weighted by Gasteiger charge is 2.28. The molecule has 0 bridgehead atoms. The van der Waals surface area contributed by atoms with Crippen LogP contribution in [0.25, 0.3) is 32.9 Å². The van der Waals surface area contributed by atoms with Gasteiger partial charge < -0.3 is 14.5 Å². The van der Waals surface area contributed by atoms with Crippen molar-refractivity contribution in [1.82, 2.24) is 19.9 Å². The molecule has 4 aromatic rings. The van der Waals surface area contributed by atoms with E-state index in [-0.39, 0.29) is 11.9 Å². The Hall–Kier alpha value is -3.71. The first-order valence-electron chi connectivity index (χ1n) is 11.7. The molecule has 1 aliphatic rings. The van der Waals surface area contributed by atoms with Crippen LogP contribution in [0.15, 0.2) is 61.3 Å². The quantitative estimate of drug-likeness (QED) is 0.364. The summed E-state index contributed by atoms with van der Waals surface area (Å²) in [5.74, 6) is 0.648. The van der Waals surface area contributed by atoms with Gasteiger partial charge in [-0.2, -0.15) is 9.97 Å². The Morgan fingerprint density at radius 3 is 2.77 bits per heavy atom. The molecule has 1 amide bonds. The van der Waals surface area contributed by atoms with Gasteiger partial charge in [-0.05, 0) is 43.0 Å². The molecule has 0 spiro atoms. The number of hydrogen-bond donors (Lipinski definition) is 0. The third-order valence-corrected chi connectivity index (χ3v) is 6.64. The van der Waals surface area contributed by atoms with E-state index in [2.05, 4.69) is 16.5 Å². The minimum absolute atomic E-state index is 0.00640. The zero-order valence-electron chi connectivity index (χ0n) is 19.7. The minimum atomic E-state index is -0.0591. The van der Waals surface area contributed by atoms with E-state index in [1.165, 1.54) is 6.08 Å². The Bertz CT molecular complexity index is 1440. The molecule has 0 aliphatic carbocycles. The zero-order chi connectivity index (χ0) is 24.5. The molecule has 0 unspecified atom stereocenters. The van der Waals surface area contributed by atoms with Gasteiger partial charge in [-0.1, -0.05) is 48.5 Å². The number of halogens is 1. The Morgan fingerprint density at radius 1 is 1.23 bits per heavy atom. The molecule has 0 radical (unpaired) electrons. The molecule has 7 nitrogen and oxygen atoms in total. The number of anilines is 1. The lowest BCUT2D eigenvalue weighted by Crippen LogP contribution is -2.54. The second kappa shape index (κ2) is 9.50. The fourth-order valence-electron chi connectivity index (χ4n) is 4.67. The normalized spacial score (nSPS) is 16.0. The molecule has 2 aromatic carbocycles. The summed E-state index contributed by atoms with van der Waals surface area (Å²) in [4.78, 5) is 30.3. The first-order chi connectivity index (χ1) is 17.0. The van der Waals surface area contributed by atoms with Crippen LogP contribution in [0.3, 0.4) is 0 Å². The summed E-state index contributed by atoms with van der Waals surface area (Å²) >= 11 is 6.57. The highest BCUT2D eigenvalue weighted by molar-refractivity contribution is 6.36. The van der Waals surface area contributed by atoms with Gasteiger partial charge in [0, 0.05) is 47.8 Å². The summed E-state index contributed by atoms with van der Waals surface area (Å²) < 4.78 is 5.71. The SMILES string of the molecule is C=CC(=O)N1CCN(c2nc(OCC)nc3cc(-c4cccc5cccc(Cl)c45)cnc23)C[C@H]1C. The maximum atomic E-state index is 12.2. The van der Waals surface area contributed by atoms with Crippen molar-refractivity contribution in [2.75, 3.05) is 31.1 Å². The second-order valence-electron chi connectivity index (χ2n) is 8.53. The van der Waals surface area contributed by atoms with Gasteiger partial charge in [0.2, 0.25) is 5.91 Å². The van der Waals surface area contributed by atoms with E-state index in [9.17, 15) is 4.79 Å². The monoisotopic (exact) mass is 487 g/mol. The van der Waals surface area contributed by atoms with Crippen molar-refractivity contribution in [1.29, 1.82) is 0 Å². The molecule has 35 heavy (non-hydrogen) atoms. The summed E-state index contributed by atoms with van der Waals surface area (Å²) in [7, 11) is 0. The van der Waals surface area contributed by atoms with E-state index in [1.54, 1.807) is 0 Å². The summed E-state index contributed by atoms with van der Waals surface area (Å²) in [6.45, 7) is 9.83. The average Bonchev–Trinajstić information content (AvgIpc) is 2.87. The largest absolute Gasteiger partial charge is 0.464 e. The number of hydrogen-bond acceptors (Lipinski definition) is 6. The second-order valence-corrected chi connectivity index (χ2v) is 8.94. The molecule has 1 aliphatic heterocycles. The van der Waals surface area contributed by atoms with Crippen LogP contribution in [-0.2, 0) is 4.79 Å². The highest BCUT2D eigenvalue weighted by Crippen LogP contribution is 2.35. The number of benzene rings is 2. The molecule has 0 N–H and O–H groups in total. The summed E-state index contributed by atoms with van der Waals surface area (Å²) in [6, 6.07) is 14.3. The van der Waals surface area contributed by atoms with Crippen molar-refractivity contribution in [2.24, 2.45) is 0 Å². The van der Waals surface area contributed by atoms with Crippen LogP contribution in [0.2, 0.25) is 5.02 Å². The van der Waals surface area contributed by atoms with Gasteiger partial charge in [-0.15, -0.1) is 0 Å². The lowest BCUT2D eigenvalue weighted by molar-refractivity contribution is -0.128.